The predicted octanol–water partition coefficient (Wildman–Crippen LogP) is 1.10. The lowest BCUT2D eigenvalue weighted by Crippen LogP contribution is -2.49. The first-order chi connectivity index (χ1) is 7.79. The number of aliphatic hydroxyl groups excluding tert-OH is 1. The SMILES string of the molecule is CC(C)(C)OC(=O)N1CCCCC(O)C(N)C1. The Morgan fingerprint density at radius 2 is 2.06 bits per heavy atom. The molecule has 0 spiro atoms. The number of likely N-dealkylation sites (tertiary alicyclic amines) is 1. The summed E-state index contributed by atoms with van der Waals surface area (Å²) in [5.41, 5.74) is 5.34. The number of rotatable bonds is 0. The van der Waals surface area contributed by atoms with Crippen molar-refractivity contribution in [1.29, 1.82) is 0 Å². The van der Waals surface area contributed by atoms with E-state index in [9.17, 15) is 9.90 Å². The van der Waals surface area contributed by atoms with E-state index in [1.807, 2.05) is 20.8 Å². The molecule has 1 aliphatic rings. The number of nitrogens with zero attached hydrogens (tertiary/aromatic N) is 1. The molecule has 1 aliphatic heterocycles. The Morgan fingerprint density at radius 3 is 2.65 bits per heavy atom. The van der Waals surface area contributed by atoms with E-state index in [-0.39, 0.29) is 12.1 Å². The van der Waals surface area contributed by atoms with Gasteiger partial charge in [0.15, 0.2) is 0 Å². The minimum atomic E-state index is -0.528. The molecule has 1 rings (SSSR count). The first kappa shape index (κ1) is 14.3. The largest absolute Gasteiger partial charge is 0.444 e. The van der Waals surface area contributed by atoms with E-state index in [1.54, 1.807) is 4.90 Å². The second kappa shape index (κ2) is 5.69. The fourth-order valence-electron chi connectivity index (χ4n) is 1.83. The minimum Gasteiger partial charge on any atom is -0.444 e. The van der Waals surface area contributed by atoms with Gasteiger partial charge in [0.05, 0.1) is 6.10 Å². The van der Waals surface area contributed by atoms with Crippen LogP contribution in [0.5, 0.6) is 0 Å². The molecular formula is C12H24N2O3. The first-order valence-corrected chi connectivity index (χ1v) is 6.21. The van der Waals surface area contributed by atoms with Crippen LogP contribution in [-0.4, -0.2) is 46.9 Å². The van der Waals surface area contributed by atoms with Crippen LogP contribution in [0.2, 0.25) is 0 Å². The van der Waals surface area contributed by atoms with Gasteiger partial charge in [0.2, 0.25) is 0 Å². The molecule has 0 aromatic heterocycles. The zero-order valence-electron chi connectivity index (χ0n) is 11.0. The molecule has 1 heterocycles. The minimum absolute atomic E-state index is 0.345. The van der Waals surface area contributed by atoms with Gasteiger partial charge in [0.25, 0.3) is 0 Å². The van der Waals surface area contributed by atoms with Gasteiger partial charge in [-0.1, -0.05) is 0 Å². The highest BCUT2D eigenvalue weighted by Crippen LogP contribution is 2.15. The predicted molar refractivity (Wildman–Crippen MR) is 65.6 cm³/mol. The van der Waals surface area contributed by atoms with Crippen molar-refractivity contribution in [2.24, 2.45) is 5.73 Å². The molecule has 0 saturated carbocycles. The Labute approximate surface area is 103 Å². The average Bonchev–Trinajstić information content (AvgIpc) is 2.16. The zero-order valence-corrected chi connectivity index (χ0v) is 11.0. The summed E-state index contributed by atoms with van der Waals surface area (Å²) in [6.45, 7) is 6.52. The van der Waals surface area contributed by atoms with Crippen LogP contribution in [0, 0.1) is 0 Å². The van der Waals surface area contributed by atoms with E-state index in [1.165, 1.54) is 0 Å². The van der Waals surface area contributed by atoms with Crippen LogP contribution in [-0.2, 0) is 4.74 Å². The van der Waals surface area contributed by atoms with E-state index in [4.69, 9.17) is 10.5 Å². The number of amides is 1. The quantitative estimate of drug-likeness (QED) is 0.669. The molecule has 17 heavy (non-hydrogen) atoms. The summed E-state index contributed by atoms with van der Waals surface area (Å²) in [5, 5.41) is 9.71. The lowest BCUT2D eigenvalue weighted by atomic mass is 10.0. The van der Waals surface area contributed by atoms with Gasteiger partial charge in [0, 0.05) is 19.1 Å². The van der Waals surface area contributed by atoms with Crippen molar-refractivity contribution in [1.82, 2.24) is 4.90 Å². The molecule has 3 N–H and O–H groups in total. The van der Waals surface area contributed by atoms with Crippen LogP contribution in [0.25, 0.3) is 0 Å². The number of aliphatic hydroxyl groups is 1. The number of ether oxygens (including phenoxy) is 1. The van der Waals surface area contributed by atoms with Gasteiger partial charge in [-0.15, -0.1) is 0 Å². The van der Waals surface area contributed by atoms with Crippen molar-refractivity contribution in [3.8, 4) is 0 Å². The second-order valence-electron chi connectivity index (χ2n) is 5.65. The Hall–Kier alpha value is -0.810. The van der Waals surface area contributed by atoms with Gasteiger partial charge in [0.1, 0.15) is 5.60 Å². The molecule has 2 atom stereocenters. The summed E-state index contributed by atoms with van der Waals surface area (Å²) in [6, 6.07) is -0.386. The standard InChI is InChI=1S/C12H24N2O3/c1-12(2,3)17-11(16)14-7-5-4-6-10(15)9(13)8-14/h9-10,15H,4-8,13H2,1-3H3. The third-order valence-corrected chi connectivity index (χ3v) is 2.76. The molecule has 0 aromatic carbocycles. The Balaban J connectivity index is 2.58. The molecular weight excluding hydrogens is 220 g/mol. The molecule has 2 unspecified atom stereocenters. The molecule has 0 radical (unpaired) electrons. The zero-order chi connectivity index (χ0) is 13.1. The fourth-order valence-corrected chi connectivity index (χ4v) is 1.83. The summed E-state index contributed by atoms with van der Waals surface area (Å²) >= 11 is 0. The van der Waals surface area contributed by atoms with Crippen molar-refractivity contribution >= 4 is 6.09 Å². The normalized spacial score (nSPS) is 27.2. The highest BCUT2D eigenvalue weighted by molar-refractivity contribution is 5.68. The Morgan fingerprint density at radius 1 is 1.41 bits per heavy atom. The smallest absolute Gasteiger partial charge is 0.410 e. The monoisotopic (exact) mass is 244 g/mol. The average molecular weight is 244 g/mol. The van der Waals surface area contributed by atoms with Gasteiger partial charge in [-0.25, -0.2) is 4.79 Å². The van der Waals surface area contributed by atoms with E-state index >= 15 is 0 Å². The van der Waals surface area contributed by atoms with E-state index < -0.39 is 11.7 Å². The number of carbonyl (C=O) groups excluding carboxylic acids is 1. The summed E-state index contributed by atoms with van der Waals surface area (Å²) in [7, 11) is 0. The summed E-state index contributed by atoms with van der Waals surface area (Å²) < 4.78 is 5.31. The van der Waals surface area contributed by atoms with Gasteiger partial charge in [-0.2, -0.15) is 0 Å². The maximum Gasteiger partial charge on any atom is 0.410 e. The maximum atomic E-state index is 11.9. The van der Waals surface area contributed by atoms with Gasteiger partial charge in [-0.05, 0) is 40.0 Å². The molecule has 100 valence electrons. The van der Waals surface area contributed by atoms with E-state index in [0.717, 1.165) is 12.8 Å². The molecule has 1 amide bonds. The highest BCUT2D eigenvalue weighted by Gasteiger charge is 2.27. The van der Waals surface area contributed by atoms with E-state index in [2.05, 4.69) is 0 Å². The maximum absolute atomic E-state index is 11.9. The Kier molecular flexibility index (Phi) is 4.77. The number of nitrogens with two attached hydrogens (primary N) is 1. The number of hydrogen-bond acceptors (Lipinski definition) is 4. The van der Waals surface area contributed by atoms with Crippen LogP contribution in [0.1, 0.15) is 40.0 Å². The van der Waals surface area contributed by atoms with Gasteiger partial charge >= 0.3 is 6.09 Å². The lowest BCUT2D eigenvalue weighted by Gasteiger charge is -2.32. The van der Waals surface area contributed by atoms with Crippen LogP contribution in [0.15, 0.2) is 0 Å². The third-order valence-electron chi connectivity index (χ3n) is 2.76. The highest BCUT2D eigenvalue weighted by atomic mass is 16.6. The van der Waals surface area contributed by atoms with Crippen LogP contribution in [0.3, 0.4) is 0 Å². The molecule has 5 heteroatoms. The molecule has 1 saturated heterocycles. The topological polar surface area (TPSA) is 75.8 Å². The van der Waals surface area contributed by atoms with Crippen molar-refractivity contribution in [2.45, 2.75) is 57.8 Å². The number of hydrogen-bond donors (Lipinski definition) is 2. The van der Waals surface area contributed by atoms with Crippen LogP contribution < -0.4 is 5.73 Å². The van der Waals surface area contributed by atoms with Gasteiger partial charge < -0.3 is 20.5 Å². The molecule has 5 nitrogen and oxygen atoms in total. The first-order valence-electron chi connectivity index (χ1n) is 6.21. The molecule has 0 aliphatic carbocycles. The summed E-state index contributed by atoms with van der Waals surface area (Å²) in [4.78, 5) is 13.5. The van der Waals surface area contributed by atoms with Crippen molar-refractivity contribution in [3.05, 3.63) is 0 Å². The van der Waals surface area contributed by atoms with E-state index in [0.29, 0.717) is 19.5 Å². The van der Waals surface area contributed by atoms with Crippen LogP contribution in [0.4, 0.5) is 4.79 Å². The molecule has 0 bridgehead atoms. The van der Waals surface area contributed by atoms with Crippen LogP contribution >= 0.6 is 0 Å². The summed E-state index contributed by atoms with van der Waals surface area (Å²) in [5.74, 6) is 0. The van der Waals surface area contributed by atoms with Crippen molar-refractivity contribution in [2.75, 3.05) is 13.1 Å². The third kappa shape index (κ3) is 4.91. The second-order valence-corrected chi connectivity index (χ2v) is 5.65. The van der Waals surface area contributed by atoms with Gasteiger partial charge in [-0.3, -0.25) is 0 Å². The van der Waals surface area contributed by atoms with Crippen molar-refractivity contribution < 1.29 is 14.6 Å². The lowest BCUT2D eigenvalue weighted by molar-refractivity contribution is 0.0161. The van der Waals surface area contributed by atoms with Crippen molar-refractivity contribution in [3.63, 3.8) is 0 Å². The Bertz CT molecular complexity index is 263. The number of carbonyl (C=O) groups is 1. The summed E-state index contributed by atoms with van der Waals surface area (Å²) in [6.07, 6.45) is 1.60. The molecule has 1 fully saturated rings. The molecule has 0 aromatic rings. The fraction of sp³-hybridized carbons (Fsp3) is 0.917.